The number of carbonyl (C=O) groups excluding carboxylic acids is 3. The molecule has 2 aromatic heterocycles. The van der Waals surface area contributed by atoms with Crippen LogP contribution in [0.4, 0.5) is 0 Å². The molecule has 3 aliphatic rings. The summed E-state index contributed by atoms with van der Waals surface area (Å²) in [6.45, 7) is 0. The zero-order valence-corrected chi connectivity index (χ0v) is 17.6. The van der Waals surface area contributed by atoms with E-state index in [9.17, 15) is 19.2 Å². The second kappa shape index (κ2) is 7.19. The molecule has 0 saturated carbocycles. The number of aryl methyl sites for hydroxylation is 1. The normalized spacial score (nSPS) is 26.0. The maximum atomic E-state index is 13.7. The topological polar surface area (TPSA) is 79.7 Å². The van der Waals surface area contributed by atoms with Crippen molar-refractivity contribution in [1.29, 1.82) is 0 Å². The maximum Gasteiger partial charge on any atom is 0.256 e. The summed E-state index contributed by atoms with van der Waals surface area (Å²) in [4.78, 5) is 53.7. The van der Waals surface area contributed by atoms with Crippen LogP contribution in [0.1, 0.15) is 48.9 Å². The molecule has 0 radical (unpaired) electrons. The summed E-state index contributed by atoms with van der Waals surface area (Å²) in [6, 6.07) is 3.36. The van der Waals surface area contributed by atoms with Gasteiger partial charge < -0.3 is 9.47 Å². The summed E-state index contributed by atoms with van der Waals surface area (Å²) in [5.74, 6) is -0.235. The average molecular weight is 426 g/mol. The molecule has 2 atom stereocenters. The highest BCUT2D eigenvalue weighted by Crippen LogP contribution is 2.40. The van der Waals surface area contributed by atoms with Crippen LogP contribution < -0.4 is 5.56 Å². The number of piperidine rings is 1. The van der Waals surface area contributed by atoms with Gasteiger partial charge in [-0.1, -0.05) is 0 Å². The first-order valence-corrected chi connectivity index (χ1v) is 11.3. The van der Waals surface area contributed by atoms with Crippen LogP contribution in [-0.4, -0.2) is 50.2 Å². The van der Waals surface area contributed by atoms with Crippen molar-refractivity contribution in [3.63, 3.8) is 0 Å². The van der Waals surface area contributed by atoms with Crippen LogP contribution in [-0.2, 0) is 16.6 Å². The molecule has 30 heavy (non-hydrogen) atoms. The number of pyridine rings is 1. The quantitative estimate of drug-likeness (QED) is 0.708. The van der Waals surface area contributed by atoms with Gasteiger partial charge in [-0.3, -0.25) is 24.1 Å². The number of amides is 3. The van der Waals surface area contributed by atoms with E-state index in [2.05, 4.69) is 0 Å². The Morgan fingerprint density at radius 3 is 2.30 bits per heavy atom. The van der Waals surface area contributed by atoms with Gasteiger partial charge in [0, 0.05) is 55.8 Å². The monoisotopic (exact) mass is 425 g/mol. The van der Waals surface area contributed by atoms with Crippen LogP contribution in [0.15, 0.2) is 33.9 Å². The molecule has 7 nitrogen and oxygen atoms in total. The van der Waals surface area contributed by atoms with Crippen LogP contribution in [0.3, 0.4) is 0 Å². The number of thiophene rings is 1. The van der Waals surface area contributed by atoms with E-state index < -0.39 is 0 Å². The number of hydrogen-bond acceptors (Lipinski definition) is 5. The number of imide groups is 1. The van der Waals surface area contributed by atoms with E-state index in [1.165, 1.54) is 26.9 Å². The highest BCUT2D eigenvalue weighted by Gasteiger charge is 2.48. The van der Waals surface area contributed by atoms with Crippen LogP contribution in [0.5, 0.6) is 0 Å². The Bertz CT molecular complexity index is 1060. The minimum atomic E-state index is -0.152. The van der Waals surface area contributed by atoms with Crippen molar-refractivity contribution in [2.24, 2.45) is 7.05 Å². The van der Waals surface area contributed by atoms with Crippen molar-refractivity contribution < 1.29 is 14.4 Å². The van der Waals surface area contributed by atoms with Crippen molar-refractivity contribution in [2.45, 2.75) is 56.7 Å². The van der Waals surface area contributed by atoms with Gasteiger partial charge in [0.15, 0.2) is 0 Å². The molecule has 3 saturated heterocycles. The molecule has 0 aliphatic carbocycles. The summed E-state index contributed by atoms with van der Waals surface area (Å²) >= 11 is 1.53. The van der Waals surface area contributed by atoms with E-state index in [0.29, 0.717) is 36.8 Å². The van der Waals surface area contributed by atoms with E-state index in [4.69, 9.17) is 0 Å². The Balaban J connectivity index is 1.46. The second-order valence-electron chi connectivity index (χ2n) is 8.44. The van der Waals surface area contributed by atoms with Crippen molar-refractivity contribution in [2.75, 3.05) is 0 Å². The fourth-order valence-electron chi connectivity index (χ4n) is 5.29. The number of nitrogens with zero attached hydrogens (tertiary/aromatic N) is 3. The first-order valence-electron chi connectivity index (χ1n) is 10.3. The van der Waals surface area contributed by atoms with Gasteiger partial charge in [0.1, 0.15) is 0 Å². The van der Waals surface area contributed by atoms with E-state index >= 15 is 0 Å². The van der Waals surface area contributed by atoms with Gasteiger partial charge in [-0.25, -0.2) is 0 Å². The molecular weight excluding hydrogens is 402 g/mol. The number of aromatic nitrogens is 1. The van der Waals surface area contributed by atoms with Crippen molar-refractivity contribution in [3.05, 3.63) is 45.0 Å². The summed E-state index contributed by atoms with van der Waals surface area (Å²) < 4.78 is 1.44. The SMILES string of the molecule is Cn1cc(C(=O)N2C3CCC2CC(N2C(=O)CCC2=O)C3)c(-c2ccsc2)cc1=O. The Morgan fingerprint density at radius 1 is 1.03 bits per heavy atom. The lowest BCUT2D eigenvalue weighted by atomic mass is 9.94. The zero-order chi connectivity index (χ0) is 21.0. The van der Waals surface area contributed by atoms with E-state index in [-0.39, 0.29) is 41.4 Å². The van der Waals surface area contributed by atoms with Crippen molar-refractivity contribution in [1.82, 2.24) is 14.4 Å². The average Bonchev–Trinajstić information content (AvgIpc) is 3.42. The molecule has 5 heterocycles. The molecule has 2 aromatic rings. The van der Waals surface area contributed by atoms with Gasteiger partial charge in [0.2, 0.25) is 11.8 Å². The molecule has 8 heteroatoms. The lowest BCUT2D eigenvalue weighted by Gasteiger charge is -2.41. The highest BCUT2D eigenvalue weighted by atomic mass is 32.1. The minimum Gasteiger partial charge on any atom is -0.332 e. The van der Waals surface area contributed by atoms with Gasteiger partial charge in [-0.2, -0.15) is 11.3 Å². The highest BCUT2D eigenvalue weighted by molar-refractivity contribution is 7.08. The zero-order valence-electron chi connectivity index (χ0n) is 16.7. The Kier molecular flexibility index (Phi) is 4.61. The van der Waals surface area contributed by atoms with Crippen molar-refractivity contribution >= 4 is 29.1 Å². The van der Waals surface area contributed by atoms with Gasteiger partial charge in [0.05, 0.1) is 5.56 Å². The Hall–Kier alpha value is -2.74. The van der Waals surface area contributed by atoms with Crippen LogP contribution in [0.25, 0.3) is 11.1 Å². The predicted molar refractivity (Wildman–Crippen MR) is 112 cm³/mol. The minimum absolute atomic E-state index is 0.00927. The molecule has 0 aromatic carbocycles. The summed E-state index contributed by atoms with van der Waals surface area (Å²) in [6.07, 6.45) is 5.27. The van der Waals surface area contributed by atoms with Crippen LogP contribution in [0.2, 0.25) is 0 Å². The lowest BCUT2D eigenvalue weighted by Crippen LogP contribution is -2.53. The third kappa shape index (κ3) is 3.01. The van der Waals surface area contributed by atoms with Gasteiger partial charge in [0.25, 0.3) is 11.5 Å². The first-order chi connectivity index (χ1) is 14.4. The largest absolute Gasteiger partial charge is 0.332 e. The first kappa shape index (κ1) is 19.2. The third-order valence-corrected chi connectivity index (χ3v) is 7.37. The summed E-state index contributed by atoms with van der Waals surface area (Å²) in [7, 11) is 1.65. The van der Waals surface area contributed by atoms with E-state index in [0.717, 1.165) is 18.4 Å². The molecule has 3 amide bonds. The van der Waals surface area contributed by atoms with Gasteiger partial charge >= 0.3 is 0 Å². The fourth-order valence-corrected chi connectivity index (χ4v) is 5.94. The molecule has 0 N–H and O–H groups in total. The Labute approximate surface area is 177 Å². The third-order valence-electron chi connectivity index (χ3n) is 6.69. The standard InChI is InChI=1S/C22H23N3O4S/c1-23-11-18(17(10-21(23)28)13-6-7-30-12-13)22(29)24-14-2-3-15(24)9-16(8-14)25-19(26)4-5-20(25)27/h6-7,10-12,14-16H,2-5,8-9H2,1H3. The summed E-state index contributed by atoms with van der Waals surface area (Å²) in [5, 5.41) is 3.87. The molecule has 3 aliphatic heterocycles. The lowest BCUT2D eigenvalue weighted by molar-refractivity contribution is -0.142. The smallest absolute Gasteiger partial charge is 0.256 e. The number of hydrogen-bond donors (Lipinski definition) is 0. The molecule has 5 rings (SSSR count). The van der Waals surface area contributed by atoms with Gasteiger partial charge in [-0.05, 0) is 48.1 Å². The molecular formula is C22H23N3O4S. The fraction of sp³-hybridized carbons (Fsp3) is 0.455. The molecule has 3 fully saturated rings. The van der Waals surface area contributed by atoms with Crippen molar-refractivity contribution in [3.8, 4) is 11.1 Å². The van der Waals surface area contributed by atoms with Gasteiger partial charge in [-0.15, -0.1) is 0 Å². The second-order valence-corrected chi connectivity index (χ2v) is 9.22. The number of likely N-dealkylation sites (tertiary alicyclic amines) is 1. The molecule has 2 bridgehead atoms. The predicted octanol–water partition coefficient (Wildman–Crippen LogP) is 2.40. The number of fused-ring (bicyclic) bond motifs is 2. The van der Waals surface area contributed by atoms with Crippen LogP contribution >= 0.6 is 11.3 Å². The number of carbonyl (C=O) groups is 3. The molecule has 2 unspecified atom stereocenters. The Morgan fingerprint density at radius 2 is 1.70 bits per heavy atom. The maximum absolute atomic E-state index is 13.7. The molecule has 156 valence electrons. The van der Waals surface area contributed by atoms with Crippen LogP contribution in [0, 0.1) is 0 Å². The summed E-state index contributed by atoms with van der Waals surface area (Å²) in [5.41, 5.74) is 1.91. The number of rotatable bonds is 3. The van der Waals surface area contributed by atoms with E-state index in [1.54, 1.807) is 13.2 Å². The molecule has 0 spiro atoms. The van der Waals surface area contributed by atoms with E-state index in [1.807, 2.05) is 21.7 Å².